The average Bonchev–Trinajstić information content (AvgIpc) is 3.00. The number of ether oxygens (including phenoxy) is 2. The van der Waals surface area contributed by atoms with Crippen LogP contribution in [0.4, 0.5) is 0 Å². The lowest BCUT2D eigenvalue weighted by molar-refractivity contribution is -0.167. The molecule has 0 radical (unpaired) electrons. The molecule has 0 N–H and O–H groups in total. The summed E-state index contributed by atoms with van der Waals surface area (Å²) in [7, 11) is -3.22. The Kier molecular flexibility index (Phi) is 22.3. The highest BCUT2D eigenvalue weighted by Crippen LogP contribution is 2.41. The molecule has 0 amide bonds. The van der Waals surface area contributed by atoms with Crippen molar-refractivity contribution in [1.29, 1.82) is 0 Å². The summed E-state index contributed by atoms with van der Waals surface area (Å²) in [5.74, 6) is -0.643. The lowest BCUT2D eigenvalue weighted by atomic mass is 9.71. The minimum absolute atomic E-state index is 0.0296. The first-order valence-electron chi connectivity index (χ1n) is 22.7. The van der Waals surface area contributed by atoms with Gasteiger partial charge in [-0.05, 0) is 118 Å². The zero-order valence-electron chi connectivity index (χ0n) is 41.7. The van der Waals surface area contributed by atoms with E-state index in [1.165, 1.54) is 12.8 Å². The Balaban J connectivity index is 0.0000160. The molecule has 0 aromatic rings. The maximum atomic E-state index is 13.6. The monoisotopic (exact) mass is 838 g/mol. The summed E-state index contributed by atoms with van der Waals surface area (Å²) in [6.45, 7) is 43.7. The Labute approximate surface area is 360 Å². The summed E-state index contributed by atoms with van der Waals surface area (Å²) in [6, 6.07) is 0. The maximum absolute atomic E-state index is 13.6. The molecular formula is C50H95NO6S. The van der Waals surface area contributed by atoms with E-state index in [0.29, 0.717) is 36.9 Å². The molecule has 1 aliphatic rings. The van der Waals surface area contributed by atoms with Gasteiger partial charge in [0.1, 0.15) is 12.7 Å². The third kappa shape index (κ3) is 23.9. The van der Waals surface area contributed by atoms with Crippen LogP contribution in [-0.4, -0.2) is 68.1 Å². The highest BCUT2D eigenvalue weighted by Gasteiger charge is 2.39. The number of hydrogen-bond donors (Lipinski definition) is 0. The molecule has 8 heteroatoms. The van der Waals surface area contributed by atoms with Crippen LogP contribution in [0, 0.1) is 37.9 Å². The second-order valence-corrected chi connectivity index (χ2v) is 26.7. The van der Waals surface area contributed by atoms with Crippen LogP contribution >= 0.6 is 0 Å². The largest absolute Gasteiger partial charge is 0.461 e. The number of carbonyl (C=O) groups is 2. The van der Waals surface area contributed by atoms with Crippen LogP contribution in [0.5, 0.6) is 0 Å². The fourth-order valence-corrected chi connectivity index (χ4v) is 10.9. The van der Waals surface area contributed by atoms with Gasteiger partial charge in [0.05, 0.1) is 22.3 Å². The molecule has 0 aromatic carbocycles. The Bertz CT molecular complexity index is 1390. The van der Waals surface area contributed by atoms with Gasteiger partial charge in [-0.15, -0.1) is 0 Å². The van der Waals surface area contributed by atoms with Gasteiger partial charge in [0.2, 0.25) is 0 Å². The molecule has 3 atom stereocenters. The Morgan fingerprint density at radius 1 is 0.638 bits per heavy atom. The van der Waals surface area contributed by atoms with Gasteiger partial charge in [0.15, 0.2) is 9.84 Å². The molecule has 3 unspecified atom stereocenters. The molecule has 1 heterocycles. The number of allylic oxidation sites excluding steroid dienone is 4. The van der Waals surface area contributed by atoms with Crippen LogP contribution < -0.4 is 0 Å². The summed E-state index contributed by atoms with van der Waals surface area (Å²) < 4.78 is 37.6. The number of esters is 2. The fourth-order valence-electron chi connectivity index (χ4n) is 9.28. The van der Waals surface area contributed by atoms with Crippen molar-refractivity contribution in [1.82, 2.24) is 4.90 Å². The van der Waals surface area contributed by atoms with Gasteiger partial charge in [-0.2, -0.15) is 0 Å². The molecule has 342 valence electrons. The van der Waals surface area contributed by atoms with Gasteiger partial charge >= 0.3 is 11.9 Å². The van der Waals surface area contributed by atoms with Crippen molar-refractivity contribution in [3.8, 4) is 0 Å². The Hall–Kier alpha value is -1.67. The SMILES string of the molecule is CC.CC1CN(CC(COC(=O)C(C)(C)CC(C)(C)C/C=C\CC(C)(C)C)OC(=O)CC(C)(C)CC(C)(C)CC/C=C\CCC(C)(C)CC(C)(C)C)CC(C)S1(=O)=O. The van der Waals surface area contributed by atoms with Crippen LogP contribution in [0.25, 0.3) is 0 Å². The van der Waals surface area contributed by atoms with Crippen molar-refractivity contribution in [3.63, 3.8) is 0 Å². The van der Waals surface area contributed by atoms with E-state index in [9.17, 15) is 18.0 Å². The molecule has 58 heavy (non-hydrogen) atoms. The summed E-state index contributed by atoms with van der Waals surface area (Å²) in [6.07, 6.45) is 17.5. The first kappa shape index (κ1) is 56.3. The van der Waals surface area contributed by atoms with Crippen molar-refractivity contribution in [2.24, 2.45) is 37.9 Å². The molecule has 0 aliphatic carbocycles. The van der Waals surface area contributed by atoms with Gasteiger partial charge in [-0.1, -0.05) is 135 Å². The van der Waals surface area contributed by atoms with E-state index >= 15 is 0 Å². The number of carbonyl (C=O) groups excluding carboxylic acids is 2. The Morgan fingerprint density at radius 2 is 1.10 bits per heavy atom. The molecule has 1 aliphatic heterocycles. The summed E-state index contributed by atoms with van der Waals surface area (Å²) in [4.78, 5) is 29.3. The van der Waals surface area contributed by atoms with Gasteiger partial charge in [0.25, 0.3) is 0 Å². The smallest absolute Gasteiger partial charge is 0.311 e. The van der Waals surface area contributed by atoms with E-state index in [2.05, 4.69) is 121 Å². The lowest BCUT2D eigenvalue weighted by Gasteiger charge is -2.37. The first-order valence-corrected chi connectivity index (χ1v) is 24.3. The molecule has 0 spiro atoms. The summed E-state index contributed by atoms with van der Waals surface area (Å²) in [5.41, 5.74) is -0.254. The first-order chi connectivity index (χ1) is 26.1. The summed E-state index contributed by atoms with van der Waals surface area (Å²) in [5, 5.41) is -1.06. The predicted molar refractivity (Wildman–Crippen MR) is 249 cm³/mol. The molecule has 0 bridgehead atoms. The minimum Gasteiger partial charge on any atom is -0.461 e. The van der Waals surface area contributed by atoms with Crippen LogP contribution in [0.3, 0.4) is 0 Å². The van der Waals surface area contributed by atoms with E-state index in [0.717, 1.165) is 38.5 Å². The van der Waals surface area contributed by atoms with E-state index < -0.39 is 31.9 Å². The molecule has 0 saturated carbocycles. The van der Waals surface area contributed by atoms with Crippen LogP contribution in [0.15, 0.2) is 24.3 Å². The summed E-state index contributed by atoms with van der Waals surface area (Å²) >= 11 is 0. The molecule has 1 rings (SSSR count). The maximum Gasteiger partial charge on any atom is 0.311 e. The molecule has 1 fully saturated rings. The van der Waals surface area contributed by atoms with E-state index in [1.54, 1.807) is 13.8 Å². The normalized spacial score (nSPS) is 19.5. The zero-order valence-corrected chi connectivity index (χ0v) is 42.6. The fraction of sp³-hybridized carbons (Fsp3) is 0.880. The highest BCUT2D eigenvalue weighted by atomic mass is 32.2. The number of nitrogens with zero attached hydrogens (tertiary/aromatic N) is 1. The quantitative estimate of drug-likeness (QED) is 0.0792. The lowest BCUT2D eigenvalue weighted by Crippen LogP contribution is -2.53. The van der Waals surface area contributed by atoms with Crippen LogP contribution in [-0.2, 0) is 28.9 Å². The number of hydrogen-bond acceptors (Lipinski definition) is 7. The number of sulfone groups is 1. The van der Waals surface area contributed by atoms with Crippen molar-refractivity contribution in [3.05, 3.63) is 24.3 Å². The van der Waals surface area contributed by atoms with Crippen LogP contribution in [0.2, 0.25) is 0 Å². The van der Waals surface area contributed by atoms with Crippen LogP contribution in [0.1, 0.15) is 203 Å². The Morgan fingerprint density at radius 3 is 1.57 bits per heavy atom. The van der Waals surface area contributed by atoms with Gasteiger partial charge in [-0.25, -0.2) is 8.42 Å². The third-order valence-corrected chi connectivity index (χ3v) is 13.6. The van der Waals surface area contributed by atoms with Crippen molar-refractivity contribution in [2.75, 3.05) is 26.2 Å². The molecule has 7 nitrogen and oxygen atoms in total. The number of rotatable bonds is 22. The second-order valence-electron chi connectivity index (χ2n) is 23.9. The molecule has 0 aromatic heterocycles. The van der Waals surface area contributed by atoms with Crippen molar-refractivity contribution in [2.45, 2.75) is 219 Å². The van der Waals surface area contributed by atoms with Gasteiger partial charge in [0, 0.05) is 19.6 Å². The van der Waals surface area contributed by atoms with Crippen molar-refractivity contribution < 1.29 is 27.5 Å². The zero-order chi connectivity index (χ0) is 45.6. The third-order valence-electron chi connectivity index (χ3n) is 11.1. The second kappa shape index (κ2) is 23.0. The highest BCUT2D eigenvalue weighted by molar-refractivity contribution is 7.92. The van der Waals surface area contributed by atoms with E-state index in [4.69, 9.17) is 9.47 Å². The van der Waals surface area contributed by atoms with Crippen molar-refractivity contribution >= 4 is 21.8 Å². The van der Waals surface area contributed by atoms with Gasteiger partial charge in [-0.3, -0.25) is 14.5 Å². The predicted octanol–water partition coefficient (Wildman–Crippen LogP) is 13.2. The minimum atomic E-state index is -3.22. The molecule has 1 saturated heterocycles. The molecular weight excluding hydrogens is 743 g/mol. The van der Waals surface area contributed by atoms with E-state index in [1.807, 2.05) is 32.6 Å². The van der Waals surface area contributed by atoms with Gasteiger partial charge < -0.3 is 9.47 Å². The topological polar surface area (TPSA) is 90.0 Å². The van der Waals surface area contributed by atoms with E-state index in [-0.39, 0.29) is 46.6 Å². The average molecular weight is 838 g/mol. The standard InChI is InChI=1S/C48H89NO6S.C2H6/c1-37-30-49(31-38(2)56(37,52)53)32-39(33-54-41(51)48(17,18)36-46(13,14)28-24-23-25-42(3,4)5)55-40(50)29-47(15,16)35-45(11,12)27-22-20-19-21-26-44(9,10)34-43(6,7)8;1-2/h19-20,23-24,37-39H,21-22,25-36H2,1-18H3;1-2H3/b20-19-,24-23-;.